The summed E-state index contributed by atoms with van der Waals surface area (Å²) in [5.41, 5.74) is 1.04. The van der Waals surface area contributed by atoms with E-state index in [1.807, 2.05) is 26.0 Å². The number of nitrogens with zero attached hydrogens (tertiary/aromatic N) is 2. The molecule has 148 valence electrons. The summed E-state index contributed by atoms with van der Waals surface area (Å²) in [6.45, 7) is 5.64. The Hall–Kier alpha value is -2.54. The lowest BCUT2D eigenvalue weighted by atomic mass is 9.97. The van der Waals surface area contributed by atoms with Gasteiger partial charge in [-0.05, 0) is 37.0 Å². The molecule has 0 spiro atoms. The molecule has 2 heterocycles. The van der Waals surface area contributed by atoms with Crippen molar-refractivity contribution < 1.29 is 18.0 Å². The monoisotopic (exact) mass is 409 g/mol. The number of alkyl halides is 3. The van der Waals surface area contributed by atoms with Crippen molar-refractivity contribution in [3.63, 3.8) is 0 Å². The van der Waals surface area contributed by atoms with Crippen LogP contribution in [0.4, 0.5) is 18.9 Å². The molecule has 0 aliphatic rings. The van der Waals surface area contributed by atoms with E-state index in [2.05, 4.69) is 10.3 Å². The first-order valence-corrected chi connectivity index (χ1v) is 9.17. The summed E-state index contributed by atoms with van der Waals surface area (Å²) < 4.78 is 40.6. The number of aryl methyl sites for hydroxylation is 1. The van der Waals surface area contributed by atoms with Gasteiger partial charge in [-0.15, -0.1) is 0 Å². The lowest BCUT2D eigenvalue weighted by Gasteiger charge is -2.16. The maximum Gasteiger partial charge on any atom is 0.417 e. The van der Waals surface area contributed by atoms with E-state index in [0.717, 1.165) is 28.6 Å². The molecule has 0 aliphatic carbocycles. The van der Waals surface area contributed by atoms with Gasteiger partial charge in [0.25, 0.3) is 5.91 Å². The summed E-state index contributed by atoms with van der Waals surface area (Å²) in [6.07, 6.45) is -2.87. The number of carbonyl (C=O) groups excluding carboxylic acids is 1. The molecule has 3 rings (SSSR count). The molecule has 0 aliphatic heterocycles. The van der Waals surface area contributed by atoms with E-state index in [0.29, 0.717) is 11.4 Å². The molecular formula is C20H19ClF3N3O. The summed E-state index contributed by atoms with van der Waals surface area (Å²) in [4.78, 5) is 17.1. The fourth-order valence-electron chi connectivity index (χ4n) is 3.09. The molecule has 3 aromatic rings. The van der Waals surface area contributed by atoms with Gasteiger partial charge >= 0.3 is 6.18 Å². The number of hydrogen-bond donors (Lipinski definition) is 1. The first-order valence-electron chi connectivity index (χ1n) is 8.79. The topological polar surface area (TPSA) is 46.4 Å². The van der Waals surface area contributed by atoms with Crippen LogP contribution in [0.25, 0.3) is 5.65 Å². The first kappa shape index (κ1) is 20.2. The van der Waals surface area contributed by atoms with Crippen molar-refractivity contribution in [1.82, 2.24) is 9.38 Å². The number of amides is 1. The number of fused-ring (bicyclic) bond motifs is 1. The molecule has 0 saturated carbocycles. The van der Waals surface area contributed by atoms with Gasteiger partial charge < -0.3 is 5.32 Å². The molecule has 0 saturated heterocycles. The van der Waals surface area contributed by atoms with Crippen molar-refractivity contribution in [2.45, 2.75) is 39.3 Å². The summed E-state index contributed by atoms with van der Waals surface area (Å²) in [5, 5.41) is 2.65. The van der Waals surface area contributed by atoms with E-state index >= 15 is 0 Å². The Morgan fingerprint density at radius 1 is 1.32 bits per heavy atom. The third-order valence-electron chi connectivity index (χ3n) is 4.74. The SMILES string of the molecule is CCC(C)c1ccccc1NC(=O)c1c(C)nc2c(Cl)cc(C(F)(F)F)cn12. The Labute approximate surface area is 165 Å². The van der Waals surface area contributed by atoms with Gasteiger partial charge in [-0.1, -0.05) is 43.6 Å². The number of rotatable bonds is 4. The molecule has 1 aromatic carbocycles. The van der Waals surface area contributed by atoms with Gasteiger partial charge in [-0.2, -0.15) is 13.2 Å². The van der Waals surface area contributed by atoms with Gasteiger partial charge in [0.1, 0.15) is 5.69 Å². The number of halogens is 4. The minimum Gasteiger partial charge on any atom is -0.320 e. The molecule has 1 unspecified atom stereocenters. The van der Waals surface area contributed by atoms with Gasteiger partial charge in [0, 0.05) is 11.9 Å². The van der Waals surface area contributed by atoms with Crippen molar-refractivity contribution in [3.8, 4) is 0 Å². The Kier molecular flexibility index (Phi) is 5.39. The quantitative estimate of drug-likeness (QED) is 0.567. The van der Waals surface area contributed by atoms with E-state index in [1.54, 1.807) is 19.1 Å². The highest BCUT2D eigenvalue weighted by molar-refractivity contribution is 6.33. The van der Waals surface area contributed by atoms with Gasteiger partial charge in [0.2, 0.25) is 0 Å². The lowest BCUT2D eigenvalue weighted by Crippen LogP contribution is -2.18. The highest BCUT2D eigenvalue weighted by Gasteiger charge is 2.33. The largest absolute Gasteiger partial charge is 0.417 e. The van der Waals surface area contributed by atoms with Crippen molar-refractivity contribution in [3.05, 3.63) is 64.1 Å². The Balaban J connectivity index is 2.08. The Morgan fingerprint density at radius 2 is 2.00 bits per heavy atom. The average molecular weight is 410 g/mol. The van der Waals surface area contributed by atoms with Crippen LogP contribution in [0.2, 0.25) is 5.02 Å². The molecule has 1 amide bonds. The fraction of sp³-hybridized carbons (Fsp3) is 0.300. The predicted molar refractivity (Wildman–Crippen MR) is 103 cm³/mol. The molecule has 0 radical (unpaired) electrons. The standard InChI is InChI=1S/C20H19ClF3N3O/c1-4-11(2)14-7-5-6-8-16(14)26-19(28)17-12(3)25-18-15(21)9-13(10-27(17)18)20(22,23)24/h5-11H,4H2,1-3H3,(H,26,28). The number of nitrogens with one attached hydrogen (secondary N) is 1. The van der Waals surface area contributed by atoms with Crippen molar-refractivity contribution in [1.29, 1.82) is 0 Å². The van der Waals surface area contributed by atoms with Crippen LogP contribution in [-0.2, 0) is 6.18 Å². The summed E-state index contributed by atoms with van der Waals surface area (Å²) in [7, 11) is 0. The molecular weight excluding hydrogens is 391 g/mol. The number of pyridine rings is 1. The molecule has 4 nitrogen and oxygen atoms in total. The maximum absolute atomic E-state index is 13.2. The van der Waals surface area contributed by atoms with Crippen LogP contribution in [0.5, 0.6) is 0 Å². The van der Waals surface area contributed by atoms with E-state index in [9.17, 15) is 18.0 Å². The predicted octanol–water partition coefficient (Wildman–Crippen LogP) is 6.08. The van der Waals surface area contributed by atoms with Crippen LogP contribution in [0.1, 0.15) is 53.5 Å². The van der Waals surface area contributed by atoms with Gasteiger partial charge in [-0.25, -0.2) is 4.98 Å². The highest BCUT2D eigenvalue weighted by Crippen LogP contribution is 2.33. The number of benzene rings is 1. The fourth-order valence-corrected chi connectivity index (χ4v) is 3.34. The lowest BCUT2D eigenvalue weighted by molar-refractivity contribution is -0.137. The van der Waals surface area contributed by atoms with Crippen LogP contribution in [-0.4, -0.2) is 15.3 Å². The normalized spacial score (nSPS) is 13.0. The van der Waals surface area contributed by atoms with Crippen LogP contribution in [0.15, 0.2) is 36.5 Å². The van der Waals surface area contributed by atoms with Crippen LogP contribution in [0, 0.1) is 6.92 Å². The number of imidazole rings is 1. The zero-order chi connectivity index (χ0) is 20.6. The summed E-state index contributed by atoms with van der Waals surface area (Å²) in [6, 6.07) is 8.17. The summed E-state index contributed by atoms with van der Waals surface area (Å²) in [5.74, 6) is -0.331. The second-order valence-corrected chi connectivity index (χ2v) is 7.07. The second-order valence-electron chi connectivity index (χ2n) is 6.66. The number of hydrogen-bond acceptors (Lipinski definition) is 2. The first-order chi connectivity index (χ1) is 13.1. The minimum atomic E-state index is -4.59. The highest BCUT2D eigenvalue weighted by atomic mass is 35.5. The third kappa shape index (κ3) is 3.71. The number of carbonyl (C=O) groups is 1. The minimum absolute atomic E-state index is 0.0157. The Bertz CT molecular complexity index is 1040. The summed E-state index contributed by atoms with van der Waals surface area (Å²) >= 11 is 5.99. The molecule has 28 heavy (non-hydrogen) atoms. The van der Waals surface area contributed by atoms with Gasteiger partial charge in [0.05, 0.1) is 16.3 Å². The number of anilines is 1. The van der Waals surface area contributed by atoms with Crippen LogP contribution < -0.4 is 5.32 Å². The molecule has 0 fully saturated rings. The van der Waals surface area contributed by atoms with Crippen LogP contribution in [0.3, 0.4) is 0 Å². The van der Waals surface area contributed by atoms with E-state index in [-0.39, 0.29) is 22.3 Å². The molecule has 1 N–H and O–H groups in total. The zero-order valence-electron chi connectivity index (χ0n) is 15.6. The number of aromatic nitrogens is 2. The average Bonchev–Trinajstić information content (AvgIpc) is 2.97. The maximum atomic E-state index is 13.2. The smallest absolute Gasteiger partial charge is 0.320 e. The Morgan fingerprint density at radius 3 is 2.64 bits per heavy atom. The molecule has 8 heteroatoms. The van der Waals surface area contributed by atoms with Gasteiger partial charge in [0.15, 0.2) is 5.65 Å². The molecule has 0 bridgehead atoms. The van der Waals surface area contributed by atoms with Crippen molar-refractivity contribution in [2.24, 2.45) is 0 Å². The second kappa shape index (κ2) is 7.47. The van der Waals surface area contributed by atoms with Crippen molar-refractivity contribution in [2.75, 3.05) is 5.32 Å². The third-order valence-corrected chi connectivity index (χ3v) is 5.02. The van der Waals surface area contributed by atoms with Gasteiger partial charge in [-0.3, -0.25) is 9.20 Å². The van der Waals surface area contributed by atoms with E-state index in [4.69, 9.17) is 11.6 Å². The van der Waals surface area contributed by atoms with E-state index in [1.165, 1.54) is 0 Å². The van der Waals surface area contributed by atoms with Crippen LogP contribution >= 0.6 is 11.6 Å². The molecule has 1 atom stereocenters. The zero-order valence-corrected chi connectivity index (χ0v) is 16.3. The van der Waals surface area contributed by atoms with Crippen molar-refractivity contribution >= 4 is 28.8 Å². The van der Waals surface area contributed by atoms with E-state index < -0.39 is 17.6 Å². The number of para-hydroxylation sites is 1. The molecule has 2 aromatic heterocycles.